The Morgan fingerprint density at radius 1 is 1.12 bits per heavy atom. The molecule has 2 amide bonds. The van der Waals surface area contributed by atoms with E-state index in [4.69, 9.17) is 4.74 Å². The van der Waals surface area contributed by atoms with E-state index in [-0.39, 0.29) is 18.7 Å². The van der Waals surface area contributed by atoms with Gasteiger partial charge in [0.05, 0.1) is 19.1 Å². The van der Waals surface area contributed by atoms with Gasteiger partial charge in [-0.25, -0.2) is 17.2 Å². The molecule has 2 aromatic carbocycles. The van der Waals surface area contributed by atoms with E-state index in [1.54, 1.807) is 31.2 Å². The number of carbonyl (C=O) groups is 2. The minimum Gasteiger partial charge on any atom is -0.497 e. The van der Waals surface area contributed by atoms with Crippen LogP contribution in [-0.2, 0) is 26.2 Å². The SMILES string of the molecule is CC[C@H](C(=O)NC)N(Cc1cccc(OC)c1)C(=O)CN(c1ccc(F)c(F)c1)S(C)(=O)=O. The van der Waals surface area contributed by atoms with Crippen molar-refractivity contribution in [3.8, 4) is 5.75 Å². The van der Waals surface area contributed by atoms with Gasteiger partial charge in [0, 0.05) is 19.7 Å². The topological polar surface area (TPSA) is 96.0 Å². The number of carbonyl (C=O) groups excluding carboxylic acids is 2. The fraction of sp³-hybridized carbons (Fsp3) is 0.364. The minimum absolute atomic E-state index is 0.00264. The van der Waals surface area contributed by atoms with Crippen molar-refractivity contribution in [1.82, 2.24) is 10.2 Å². The highest BCUT2D eigenvalue weighted by Gasteiger charge is 2.31. The van der Waals surface area contributed by atoms with Crippen LogP contribution in [0.1, 0.15) is 18.9 Å². The van der Waals surface area contributed by atoms with Gasteiger partial charge in [-0.2, -0.15) is 0 Å². The summed E-state index contributed by atoms with van der Waals surface area (Å²) in [5.41, 5.74) is 0.447. The lowest BCUT2D eigenvalue weighted by molar-refractivity contribution is -0.140. The lowest BCUT2D eigenvalue weighted by Crippen LogP contribution is -2.51. The molecule has 0 aliphatic carbocycles. The van der Waals surface area contributed by atoms with Crippen LogP contribution < -0.4 is 14.4 Å². The van der Waals surface area contributed by atoms with E-state index >= 15 is 0 Å². The van der Waals surface area contributed by atoms with Gasteiger partial charge >= 0.3 is 0 Å². The second-order valence-corrected chi connectivity index (χ2v) is 9.19. The summed E-state index contributed by atoms with van der Waals surface area (Å²) in [5.74, 6) is -2.97. The summed E-state index contributed by atoms with van der Waals surface area (Å²) < 4.78 is 57.8. The summed E-state index contributed by atoms with van der Waals surface area (Å²) in [6.07, 6.45) is 1.11. The maximum absolute atomic E-state index is 13.8. The van der Waals surface area contributed by atoms with Crippen molar-refractivity contribution in [2.24, 2.45) is 0 Å². The van der Waals surface area contributed by atoms with Crippen LogP contribution in [0.15, 0.2) is 42.5 Å². The first-order valence-electron chi connectivity index (χ1n) is 10.1. The van der Waals surface area contributed by atoms with Crippen molar-refractivity contribution < 1.29 is 31.5 Å². The third-order valence-corrected chi connectivity index (χ3v) is 6.13. The monoisotopic (exact) mass is 483 g/mol. The highest BCUT2D eigenvalue weighted by Crippen LogP contribution is 2.22. The molecule has 180 valence electrons. The van der Waals surface area contributed by atoms with E-state index in [1.165, 1.54) is 19.1 Å². The number of anilines is 1. The zero-order valence-corrected chi connectivity index (χ0v) is 19.7. The van der Waals surface area contributed by atoms with Crippen LogP contribution in [-0.4, -0.2) is 58.1 Å². The van der Waals surface area contributed by atoms with Crippen LogP contribution in [0.2, 0.25) is 0 Å². The van der Waals surface area contributed by atoms with Gasteiger partial charge in [-0.15, -0.1) is 0 Å². The standard InChI is InChI=1S/C22H27F2N3O5S/c1-5-20(22(29)25-2)26(13-15-7-6-8-17(11-15)32-3)21(28)14-27(33(4,30)31)16-9-10-18(23)19(24)12-16/h6-12,20H,5,13-14H2,1-4H3,(H,25,29)/t20-/m1/s1. The molecule has 2 rings (SSSR count). The van der Waals surface area contributed by atoms with Gasteiger partial charge < -0.3 is 15.0 Å². The number of benzene rings is 2. The van der Waals surface area contributed by atoms with Crippen LogP contribution in [0.5, 0.6) is 5.75 Å². The van der Waals surface area contributed by atoms with E-state index < -0.39 is 46.1 Å². The number of nitrogens with zero attached hydrogens (tertiary/aromatic N) is 2. The van der Waals surface area contributed by atoms with E-state index in [9.17, 15) is 26.8 Å². The molecule has 0 aromatic heterocycles. The normalized spacial score (nSPS) is 12.1. The highest BCUT2D eigenvalue weighted by atomic mass is 32.2. The average Bonchev–Trinajstić information content (AvgIpc) is 2.78. The fourth-order valence-electron chi connectivity index (χ4n) is 3.31. The number of sulfonamides is 1. The molecular formula is C22H27F2N3O5S. The van der Waals surface area contributed by atoms with Crippen molar-refractivity contribution in [3.63, 3.8) is 0 Å². The lowest BCUT2D eigenvalue weighted by Gasteiger charge is -2.32. The van der Waals surface area contributed by atoms with Crippen LogP contribution in [0, 0.1) is 11.6 Å². The Morgan fingerprint density at radius 3 is 2.36 bits per heavy atom. The molecule has 0 aliphatic heterocycles. The molecule has 11 heteroatoms. The zero-order chi connectivity index (χ0) is 24.8. The number of ether oxygens (including phenoxy) is 1. The summed E-state index contributed by atoms with van der Waals surface area (Å²) in [5, 5.41) is 2.51. The smallest absolute Gasteiger partial charge is 0.244 e. The molecule has 0 unspecified atom stereocenters. The van der Waals surface area contributed by atoms with Crippen molar-refractivity contribution >= 4 is 27.5 Å². The second kappa shape index (κ2) is 11.1. The van der Waals surface area contributed by atoms with Crippen LogP contribution in [0.25, 0.3) is 0 Å². The number of amides is 2. The number of hydrogen-bond acceptors (Lipinski definition) is 5. The van der Waals surface area contributed by atoms with Crippen molar-refractivity contribution in [2.45, 2.75) is 25.9 Å². The van der Waals surface area contributed by atoms with Gasteiger partial charge in [-0.3, -0.25) is 13.9 Å². The molecule has 0 fully saturated rings. The van der Waals surface area contributed by atoms with E-state index in [0.29, 0.717) is 21.7 Å². The number of methoxy groups -OCH3 is 1. The van der Waals surface area contributed by atoms with Crippen LogP contribution in [0.3, 0.4) is 0 Å². The maximum Gasteiger partial charge on any atom is 0.244 e. The Labute approximate surface area is 192 Å². The quantitative estimate of drug-likeness (QED) is 0.560. The Balaban J connectivity index is 2.45. The number of hydrogen-bond donors (Lipinski definition) is 1. The third kappa shape index (κ3) is 6.64. The zero-order valence-electron chi connectivity index (χ0n) is 18.8. The summed E-state index contributed by atoms with van der Waals surface area (Å²) in [6, 6.07) is 8.54. The Bertz CT molecular complexity index is 1110. The number of rotatable bonds is 10. The third-order valence-electron chi connectivity index (χ3n) is 4.99. The molecule has 8 nitrogen and oxygen atoms in total. The predicted molar refractivity (Wildman–Crippen MR) is 120 cm³/mol. The van der Waals surface area contributed by atoms with Crippen LogP contribution >= 0.6 is 0 Å². The van der Waals surface area contributed by atoms with Gasteiger partial charge in [-0.05, 0) is 36.2 Å². The van der Waals surface area contributed by atoms with Gasteiger partial charge in [-0.1, -0.05) is 19.1 Å². The molecule has 1 atom stereocenters. The van der Waals surface area contributed by atoms with E-state index in [1.807, 2.05) is 0 Å². The molecule has 1 N–H and O–H groups in total. The van der Waals surface area contributed by atoms with Crippen molar-refractivity contribution in [3.05, 3.63) is 59.7 Å². The van der Waals surface area contributed by atoms with E-state index in [0.717, 1.165) is 18.4 Å². The Hall–Kier alpha value is -3.21. The molecule has 0 aliphatic rings. The first-order valence-corrected chi connectivity index (χ1v) is 11.9. The Morgan fingerprint density at radius 2 is 1.82 bits per heavy atom. The first-order chi connectivity index (χ1) is 15.5. The van der Waals surface area contributed by atoms with Gasteiger partial charge in [0.2, 0.25) is 21.8 Å². The predicted octanol–water partition coefficient (Wildman–Crippen LogP) is 2.29. The second-order valence-electron chi connectivity index (χ2n) is 7.28. The summed E-state index contributed by atoms with van der Waals surface area (Å²) in [7, 11) is -1.11. The first kappa shape index (κ1) is 26.0. The minimum atomic E-state index is -4.04. The maximum atomic E-state index is 13.8. The molecule has 0 saturated carbocycles. The van der Waals surface area contributed by atoms with Crippen molar-refractivity contribution in [2.75, 3.05) is 31.3 Å². The summed E-state index contributed by atoms with van der Waals surface area (Å²) >= 11 is 0. The molecule has 0 saturated heterocycles. The molecule has 0 radical (unpaired) electrons. The fourth-order valence-corrected chi connectivity index (χ4v) is 4.15. The summed E-state index contributed by atoms with van der Waals surface area (Å²) in [4.78, 5) is 27.1. The van der Waals surface area contributed by atoms with Crippen LogP contribution in [0.4, 0.5) is 14.5 Å². The molecule has 0 spiro atoms. The van der Waals surface area contributed by atoms with Crippen molar-refractivity contribution in [1.29, 1.82) is 0 Å². The Kier molecular flexibility index (Phi) is 8.75. The molecular weight excluding hydrogens is 456 g/mol. The van der Waals surface area contributed by atoms with Gasteiger partial charge in [0.25, 0.3) is 0 Å². The molecule has 0 bridgehead atoms. The number of nitrogens with one attached hydrogen (secondary N) is 1. The number of halogens is 2. The number of likely N-dealkylation sites (N-methyl/N-ethyl adjacent to an activating group) is 1. The van der Waals surface area contributed by atoms with Gasteiger partial charge in [0.1, 0.15) is 18.3 Å². The van der Waals surface area contributed by atoms with Gasteiger partial charge in [0.15, 0.2) is 11.6 Å². The molecule has 2 aromatic rings. The summed E-state index contributed by atoms with van der Waals surface area (Å²) in [6.45, 7) is 1.01. The molecule has 33 heavy (non-hydrogen) atoms. The lowest BCUT2D eigenvalue weighted by atomic mass is 10.1. The highest BCUT2D eigenvalue weighted by molar-refractivity contribution is 7.92. The van der Waals surface area contributed by atoms with E-state index in [2.05, 4.69) is 5.32 Å². The largest absolute Gasteiger partial charge is 0.497 e. The molecule has 0 heterocycles. The average molecular weight is 484 g/mol.